The first-order chi connectivity index (χ1) is 15.1. The number of imidazole rings is 1. The zero-order valence-electron chi connectivity index (χ0n) is 17.8. The molecule has 0 radical (unpaired) electrons. The molecule has 8 heteroatoms. The number of para-hydroxylation sites is 1. The van der Waals surface area contributed by atoms with E-state index in [-0.39, 0.29) is 5.56 Å². The second-order valence-corrected chi connectivity index (χ2v) is 8.76. The maximum atomic E-state index is 13.2. The molecule has 0 amide bonds. The van der Waals surface area contributed by atoms with Crippen LogP contribution in [0.4, 0.5) is 0 Å². The molecule has 0 saturated heterocycles. The van der Waals surface area contributed by atoms with Gasteiger partial charge in [-0.05, 0) is 50.3 Å². The molecule has 0 atom stereocenters. The number of rotatable bonds is 9. The molecule has 0 aliphatic rings. The zero-order chi connectivity index (χ0) is 21.8. The molecule has 3 heterocycles. The van der Waals surface area contributed by atoms with E-state index < -0.39 is 0 Å². The highest BCUT2D eigenvalue weighted by Crippen LogP contribution is 2.23. The second kappa shape index (κ2) is 9.85. The Morgan fingerprint density at radius 2 is 1.87 bits per heavy atom. The summed E-state index contributed by atoms with van der Waals surface area (Å²) in [6.07, 6.45) is 4.72. The predicted octanol–water partition coefficient (Wildman–Crippen LogP) is 4.72. The van der Waals surface area contributed by atoms with E-state index in [1.54, 1.807) is 11.8 Å². The highest BCUT2D eigenvalue weighted by molar-refractivity contribution is 7.98. The van der Waals surface area contributed by atoms with Crippen molar-refractivity contribution in [3.63, 3.8) is 0 Å². The van der Waals surface area contributed by atoms with E-state index in [0.717, 1.165) is 48.1 Å². The van der Waals surface area contributed by atoms with Crippen LogP contribution in [0.1, 0.15) is 26.0 Å². The maximum Gasteiger partial charge on any atom is 0.262 e. The van der Waals surface area contributed by atoms with Gasteiger partial charge in [0.25, 0.3) is 5.56 Å². The Labute approximate surface area is 190 Å². The zero-order valence-corrected chi connectivity index (χ0v) is 19.4. The van der Waals surface area contributed by atoms with Crippen LogP contribution in [0.2, 0.25) is 5.02 Å². The molecule has 0 aliphatic carbocycles. The van der Waals surface area contributed by atoms with Gasteiger partial charge in [0.1, 0.15) is 5.65 Å². The third kappa shape index (κ3) is 4.95. The molecule has 0 N–H and O–H groups in total. The summed E-state index contributed by atoms with van der Waals surface area (Å²) >= 11 is 7.63. The summed E-state index contributed by atoms with van der Waals surface area (Å²) in [5, 5.41) is 2.07. The first kappa shape index (κ1) is 21.9. The molecule has 162 valence electrons. The molecular weight excluding hydrogens is 430 g/mol. The van der Waals surface area contributed by atoms with Crippen LogP contribution in [0.5, 0.6) is 0 Å². The lowest BCUT2D eigenvalue weighted by molar-refractivity contribution is 0.290. The third-order valence-electron chi connectivity index (χ3n) is 5.39. The molecule has 4 rings (SSSR count). The molecule has 0 saturated carbocycles. The standard InChI is InChI=1S/C23H26ClN5OS/c1-3-27(4-2)12-7-13-29-22(30)19-8-5-6-9-20(19)26-23(29)31-16-18-15-28-14-17(24)10-11-21(28)25-18/h5-6,8-11,14-15H,3-4,7,12-13,16H2,1-2H3. The van der Waals surface area contributed by atoms with E-state index in [0.29, 0.717) is 22.7 Å². The number of nitrogens with zero attached hydrogens (tertiary/aromatic N) is 5. The summed E-state index contributed by atoms with van der Waals surface area (Å²) < 4.78 is 3.74. The van der Waals surface area contributed by atoms with Gasteiger partial charge in [0, 0.05) is 24.7 Å². The molecule has 0 spiro atoms. The quantitative estimate of drug-likeness (QED) is 0.270. The van der Waals surface area contributed by atoms with Crippen molar-refractivity contribution < 1.29 is 0 Å². The lowest BCUT2D eigenvalue weighted by atomic mass is 10.2. The second-order valence-electron chi connectivity index (χ2n) is 7.38. The number of hydrogen-bond donors (Lipinski definition) is 0. The van der Waals surface area contributed by atoms with Crippen LogP contribution in [0.15, 0.2) is 58.7 Å². The molecular formula is C23H26ClN5OS. The molecule has 0 unspecified atom stereocenters. The summed E-state index contributed by atoms with van der Waals surface area (Å²) in [5.41, 5.74) is 2.53. The molecule has 31 heavy (non-hydrogen) atoms. The van der Waals surface area contributed by atoms with Gasteiger partial charge in [-0.25, -0.2) is 9.97 Å². The smallest absolute Gasteiger partial charge is 0.262 e. The molecule has 1 aromatic carbocycles. The number of hydrogen-bond acceptors (Lipinski definition) is 5. The number of halogens is 1. The van der Waals surface area contributed by atoms with Crippen LogP contribution in [0.3, 0.4) is 0 Å². The van der Waals surface area contributed by atoms with Crippen LogP contribution in [-0.4, -0.2) is 43.5 Å². The monoisotopic (exact) mass is 455 g/mol. The molecule has 6 nitrogen and oxygen atoms in total. The minimum Gasteiger partial charge on any atom is -0.305 e. The molecule has 0 fully saturated rings. The van der Waals surface area contributed by atoms with Crippen molar-refractivity contribution >= 4 is 39.9 Å². The Morgan fingerprint density at radius 1 is 1.06 bits per heavy atom. The largest absolute Gasteiger partial charge is 0.305 e. The number of benzene rings is 1. The first-order valence-electron chi connectivity index (χ1n) is 10.6. The van der Waals surface area contributed by atoms with Crippen molar-refractivity contribution in [2.24, 2.45) is 0 Å². The van der Waals surface area contributed by atoms with Crippen LogP contribution >= 0.6 is 23.4 Å². The van der Waals surface area contributed by atoms with Crippen molar-refractivity contribution in [3.05, 3.63) is 69.9 Å². The lowest BCUT2D eigenvalue weighted by Gasteiger charge is -2.19. The number of pyridine rings is 1. The summed E-state index contributed by atoms with van der Waals surface area (Å²) in [7, 11) is 0. The highest BCUT2D eigenvalue weighted by atomic mass is 35.5. The Bertz CT molecular complexity index is 1250. The minimum atomic E-state index is 0.0226. The molecule has 0 aliphatic heterocycles. The fraction of sp³-hybridized carbons (Fsp3) is 0.348. The lowest BCUT2D eigenvalue weighted by Crippen LogP contribution is -2.28. The normalized spacial score (nSPS) is 11.7. The number of fused-ring (bicyclic) bond motifs is 2. The maximum absolute atomic E-state index is 13.2. The predicted molar refractivity (Wildman–Crippen MR) is 128 cm³/mol. The van der Waals surface area contributed by atoms with Crippen LogP contribution < -0.4 is 5.56 Å². The van der Waals surface area contributed by atoms with Crippen LogP contribution in [-0.2, 0) is 12.3 Å². The van der Waals surface area contributed by atoms with E-state index in [4.69, 9.17) is 16.6 Å². The Kier molecular flexibility index (Phi) is 6.95. The fourth-order valence-corrected chi connectivity index (χ4v) is 4.75. The highest BCUT2D eigenvalue weighted by Gasteiger charge is 2.13. The van der Waals surface area contributed by atoms with Crippen LogP contribution in [0.25, 0.3) is 16.6 Å². The Morgan fingerprint density at radius 3 is 2.68 bits per heavy atom. The van der Waals surface area contributed by atoms with E-state index in [1.807, 2.05) is 57.8 Å². The van der Waals surface area contributed by atoms with Gasteiger partial charge in [0.15, 0.2) is 5.16 Å². The van der Waals surface area contributed by atoms with E-state index in [9.17, 15) is 4.79 Å². The molecule has 4 aromatic rings. The Hall–Kier alpha value is -2.35. The third-order valence-corrected chi connectivity index (χ3v) is 6.62. The van der Waals surface area contributed by atoms with Crippen molar-refractivity contribution in [2.75, 3.05) is 19.6 Å². The van der Waals surface area contributed by atoms with Gasteiger partial charge in [-0.3, -0.25) is 9.36 Å². The Balaban J connectivity index is 1.60. The minimum absolute atomic E-state index is 0.0226. The van der Waals surface area contributed by atoms with Gasteiger partial charge in [0.05, 0.1) is 21.6 Å². The van der Waals surface area contributed by atoms with Gasteiger partial charge >= 0.3 is 0 Å². The number of thioether (sulfide) groups is 1. The van der Waals surface area contributed by atoms with Crippen molar-refractivity contribution in [3.8, 4) is 0 Å². The summed E-state index contributed by atoms with van der Waals surface area (Å²) in [5.74, 6) is 0.625. The van der Waals surface area contributed by atoms with Crippen molar-refractivity contribution in [1.82, 2.24) is 23.8 Å². The van der Waals surface area contributed by atoms with Gasteiger partial charge in [-0.15, -0.1) is 0 Å². The average molecular weight is 456 g/mol. The van der Waals surface area contributed by atoms with E-state index in [2.05, 4.69) is 23.7 Å². The topological polar surface area (TPSA) is 55.4 Å². The summed E-state index contributed by atoms with van der Waals surface area (Å²) in [6.45, 7) is 7.97. The average Bonchev–Trinajstić information content (AvgIpc) is 3.19. The van der Waals surface area contributed by atoms with E-state index in [1.165, 1.54) is 0 Å². The van der Waals surface area contributed by atoms with Gasteiger partial charge in [0.2, 0.25) is 0 Å². The molecule has 3 aromatic heterocycles. The fourth-order valence-electron chi connectivity index (χ4n) is 3.67. The van der Waals surface area contributed by atoms with Gasteiger partial charge in [-0.1, -0.05) is 49.3 Å². The van der Waals surface area contributed by atoms with Crippen molar-refractivity contribution in [2.45, 2.75) is 37.7 Å². The van der Waals surface area contributed by atoms with Gasteiger partial charge < -0.3 is 9.30 Å². The van der Waals surface area contributed by atoms with Crippen LogP contribution in [0, 0.1) is 0 Å². The first-order valence-corrected chi connectivity index (χ1v) is 11.9. The summed E-state index contributed by atoms with van der Waals surface area (Å²) in [6, 6.07) is 11.3. The summed E-state index contributed by atoms with van der Waals surface area (Å²) in [4.78, 5) is 25.1. The van der Waals surface area contributed by atoms with E-state index >= 15 is 0 Å². The number of aromatic nitrogens is 4. The SMILES string of the molecule is CCN(CC)CCCn1c(SCc2cn3cc(Cl)ccc3n2)nc2ccccc2c1=O. The molecule has 0 bridgehead atoms. The van der Waals surface area contributed by atoms with Crippen molar-refractivity contribution in [1.29, 1.82) is 0 Å². The van der Waals surface area contributed by atoms with Gasteiger partial charge in [-0.2, -0.15) is 0 Å².